The molecule has 0 aromatic carbocycles. The molecule has 0 aromatic rings. The van der Waals surface area contributed by atoms with Crippen LogP contribution in [0.2, 0.25) is 0 Å². The number of ether oxygens (including phenoxy) is 1. The molecule has 0 aromatic heterocycles. The van der Waals surface area contributed by atoms with Crippen molar-refractivity contribution >= 4 is 28.6 Å². The van der Waals surface area contributed by atoms with Gasteiger partial charge in [0.15, 0.2) is 0 Å². The first kappa shape index (κ1) is 7.94. The van der Waals surface area contributed by atoms with Crippen molar-refractivity contribution in [2.75, 3.05) is 7.11 Å². The zero-order valence-corrected chi connectivity index (χ0v) is 6.71. The summed E-state index contributed by atoms with van der Waals surface area (Å²) in [6.07, 6.45) is 2.12. The molecule has 0 spiro atoms. The summed E-state index contributed by atoms with van der Waals surface area (Å²) in [4.78, 5) is 10.3. The first-order chi connectivity index (χ1) is 3.81. The first-order valence-corrected chi connectivity index (χ1v) is 3.38. The average molecular weight is 226 g/mol. The number of methoxy groups -OCH3 is 1. The van der Waals surface area contributed by atoms with Gasteiger partial charge in [-0.2, -0.15) is 0 Å². The zero-order valence-electron chi connectivity index (χ0n) is 4.56. The Hall–Kier alpha value is -0.0600. The molecule has 3 heteroatoms. The minimum Gasteiger partial charge on any atom is -0.469 e. The van der Waals surface area contributed by atoms with Crippen LogP contribution in [0.1, 0.15) is 6.42 Å². The molecule has 0 unspecified atom stereocenters. The summed E-state index contributed by atoms with van der Waals surface area (Å²) in [5.74, 6) is -0.196. The number of rotatable bonds is 2. The molecule has 0 fully saturated rings. The lowest BCUT2D eigenvalue weighted by Gasteiger charge is -1.89. The number of halogens is 1. The number of carbonyl (C=O) groups excluding carboxylic acids is 1. The molecular formula is C5H7IO2. The molecular weight excluding hydrogens is 219 g/mol. The maximum absolute atomic E-state index is 10.3. The first-order valence-electron chi connectivity index (χ1n) is 2.13. The molecule has 0 atom stereocenters. The van der Waals surface area contributed by atoms with Crippen LogP contribution in [0, 0.1) is 0 Å². The van der Waals surface area contributed by atoms with Crippen LogP contribution in [0.4, 0.5) is 0 Å². The molecule has 0 aliphatic carbocycles. The smallest absolute Gasteiger partial charge is 0.309 e. The van der Waals surface area contributed by atoms with E-state index in [0.29, 0.717) is 6.42 Å². The van der Waals surface area contributed by atoms with Gasteiger partial charge in [-0.05, 0) is 4.08 Å². The minimum absolute atomic E-state index is 0.196. The molecule has 0 amide bonds. The van der Waals surface area contributed by atoms with Crippen LogP contribution in [0.25, 0.3) is 0 Å². The highest BCUT2D eigenvalue weighted by Crippen LogP contribution is 1.89. The highest BCUT2D eigenvalue weighted by atomic mass is 127. The Morgan fingerprint density at radius 1 is 1.88 bits per heavy atom. The predicted octanol–water partition coefficient (Wildman–Crippen LogP) is 1.50. The zero-order chi connectivity index (χ0) is 6.41. The average Bonchev–Trinajstić information content (AvgIpc) is 1.83. The maximum Gasteiger partial charge on any atom is 0.309 e. The van der Waals surface area contributed by atoms with E-state index in [-0.39, 0.29) is 5.97 Å². The molecule has 8 heavy (non-hydrogen) atoms. The normalized spacial score (nSPS) is 9.75. The maximum atomic E-state index is 10.3. The number of esters is 1. The number of carbonyl (C=O) groups is 1. The number of hydrogen-bond acceptors (Lipinski definition) is 2. The highest BCUT2D eigenvalue weighted by molar-refractivity contribution is 14.1. The quantitative estimate of drug-likeness (QED) is 0.526. The van der Waals surface area contributed by atoms with E-state index in [0.717, 1.165) is 0 Å². The van der Waals surface area contributed by atoms with Gasteiger partial charge in [0.25, 0.3) is 0 Å². The van der Waals surface area contributed by atoms with Crippen LogP contribution < -0.4 is 0 Å². The second-order valence-corrected chi connectivity index (χ2v) is 1.86. The van der Waals surface area contributed by atoms with Crippen molar-refractivity contribution in [2.24, 2.45) is 0 Å². The molecule has 0 N–H and O–H groups in total. The van der Waals surface area contributed by atoms with Crippen molar-refractivity contribution in [1.29, 1.82) is 0 Å². The van der Waals surface area contributed by atoms with E-state index in [1.54, 1.807) is 10.2 Å². The molecule has 0 aliphatic heterocycles. The Kier molecular flexibility index (Phi) is 5.05. The summed E-state index contributed by atoms with van der Waals surface area (Å²) < 4.78 is 6.15. The summed E-state index contributed by atoms with van der Waals surface area (Å²) in [5, 5.41) is 0. The Labute approximate surface area is 62.0 Å². The summed E-state index contributed by atoms with van der Waals surface area (Å²) in [7, 11) is 1.38. The summed E-state index contributed by atoms with van der Waals surface area (Å²) in [5.41, 5.74) is 0. The predicted molar refractivity (Wildman–Crippen MR) is 39.8 cm³/mol. The SMILES string of the molecule is COC(=O)C/C=C/I. The van der Waals surface area contributed by atoms with Gasteiger partial charge in [0.2, 0.25) is 0 Å². The van der Waals surface area contributed by atoms with Gasteiger partial charge in [0.05, 0.1) is 13.5 Å². The fourth-order valence-electron chi connectivity index (χ4n) is 0.224. The van der Waals surface area contributed by atoms with Crippen molar-refractivity contribution in [1.82, 2.24) is 0 Å². The van der Waals surface area contributed by atoms with Crippen LogP contribution in [-0.4, -0.2) is 13.1 Å². The third-order valence-electron chi connectivity index (χ3n) is 0.601. The van der Waals surface area contributed by atoms with E-state index in [4.69, 9.17) is 0 Å². The van der Waals surface area contributed by atoms with Gasteiger partial charge in [-0.25, -0.2) is 0 Å². The van der Waals surface area contributed by atoms with E-state index in [1.807, 2.05) is 22.6 Å². The van der Waals surface area contributed by atoms with Crippen LogP contribution in [0.15, 0.2) is 10.2 Å². The Bertz CT molecular complexity index is 98.6. The minimum atomic E-state index is -0.196. The van der Waals surface area contributed by atoms with Gasteiger partial charge in [-0.3, -0.25) is 4.79 Å². The van der Waals surface area contributed by atoms with Gasteiger partial charge in [-0.15, -0.1) is 0 Å². The lowest BCUT2D eigenvalue weighted by molar-refractivity contribution is -0.139. The highest BCUT2D eigenvalue weighted by Gasteiger charge is 1.91. The van der Waals surface area contributed by atoms with E-state index >= 15 is 0 Å². The van der Waals surface area contributed by atoms with E-state index < -0.39 is 0 Å². The van der Waals surface area contributed by atoms with Crippen molar-refractivity contribution in [3.8, 4) is 0 Å². The number of hydrogen-bond donors (Lipinski definition) is 0. The van der Waals surface area contributed by atoms with Crippen molar-refractivity contribution in [2.45, 2.75) is 6.42 Å². The largest absolute Gasteiger partial charge is 0.469 e. The van der Waals surface area contributed by atoms with Gasteiger partial charge in [0.1, 0.15) is 0 Å². The lowest BCUT2D eigenvalue weighted by atomic mass is 10.4. The van der Waals surface area contributed by atoms with Gasteiger partial charge < -0.3 is 4.74 Å². The Morgan fingerprint density at radius 3 is 2.88 bits per heavy atom. The van der Waals surface area contributed by atoms with Crippen LogP contribution >= 0.6 is 22.6 Å². The fourth-order valence-corrected chi connectivity index (χ4v) is 0.478. The summed E-state index contributed by atoms with van der Waals surface area (Å²) >= 11 is 2.05. The molecule has 0 radical (unpaired) electrons. The molecule has 0 saturated carbocycles. The fraction of sp³-hybridized carbons (Fsp3) is 0.400. The third-order valence-corrected chi connectivity index (χ3v) is 1.11. The molecule has 0 heterocycles. The van der Waals surface area contributed by atoms with Crippen LogP contribution in [0.3, 0.4) is 0 Å². The second-order valence-electron chi connectivity index (χ2n) is 1.14. The van der Waals surface area contributed by atoms with Crippen LogP contribution in [0.5, 0.6) is 0 Å². The van der Waals surface area contributed by atoms with Crippen molar-refractivity contribution < 1.29 is 9.53 Å². The van der Waals surface area contributed by atoms with Crippen molar-refractivity contribution in [3.63, 3.8) is 0 Å². The van der Waals surface area contributed by atoms with E-state index in [1.165, 1.54) is 7.11 Å². The molecule has 0 aliphatic rings. The molecule has 0 rings (SSSR count). The van der Waals surface area contributed by atoms with Gasteiger partial charge in [-0.1, -0.05) is 28.7 Å². The second kappa shape index (κ2) is 5.08. The van der Waals surface area contributed by atoms with Gasteiger partial charge in [0, 0.05) is 0 Å². The Morgan fingerprint density at radius 2 is 2.50 bits per heavy atom. The lowest BCUT2D eigenvalue weighted by Crippen LogP contribution is -1.96. The van der Waals surface area contributed by atoms with E-state index in [2.05, 4.69) is 4.74 Å². The molecule has 0 saturated heterocycles. The standard InChI is InChI=1S/C5H7IO2/c1-8-5(7)3-2-4-6/h2,4H,3H2,1H3/b4-2+. The van der Waals surface area contributed by atoms with E-state index in [9.17, 15) is 4.79 Å². The molecule has 0 bridgehead atoms. The van der Waals surface area contributed by atoms with Gasteiger partial charge >= 0.3 is 5.97 Å². The summed E-state index contributed by atoms with van der Waals surface area (Å²) in [6.45, 7) is 0. The Balaban J connectivity index is 3.25. The third kappa shape index (κ3) is 4.11. The summed E-state index contributed by atoms with van der Waals surface area (Å²) in [6, 6.07) is 0. The monoisotopic (exact) mass is 226 g/mol. The van der Waals surface area contributed by atoms with Crippen molar-refractivity contribution in [3.05, 3.63) is 10.2 Å². The molecule has 46 valence electrons. The topological polar surface area (TPSA) is 26.3 Å². The molecule has 2 nitrogen and oxygen atoms in total. The van der Waals surface area contributed by atoms with Crippen LogP contribution in [-0.2, 0) is 9.53 Å².